The van der Waals surface area contributed by atoms with Crippen molar-refractivity contribution < 1.29 is 13.9 Å². The quantitative estimate of drug-likeness (QED) is 0.202. The van der Waals surface area contributed by atoms with E-state index in [2.05, 4.69) is 11.9 Å². The third-order valence-electron chi connectivity index (χ3n) is 5.05. The molecule has 0 aliphatic carbocycles. The Balaban J connectivity index is 1.63. The summed E-state index contributed by atoms with van der Waals surface area (Å²) in [6.45, 7) is 5.21. The summed E-state index contributed by atoms with van der Waals surface area (Å²) in [6.07, 6.45) is 11.7. The third kappa shape index (κ3) is 10.9. The van der Waals surface area contributed by atoms with Gasteiger partial charge in [0.2, 0.25) is 0 Å². The maximum Gasteiger partial charge on any atom is 0.397 e. The normalized spacial score (nSPS) is 11.0. The zero-order chi connectivity index (χ0) is 22.2. The average Bonchev–Trinajstić information content (AvgIpc) is 2.78. The first-order valence-corrected chi connectivity index (χ1v) is 12.6. The van der Waals surface area contributed by atoms with Gasteiger partial charge in [0.1, 0.15) is 11.6 Å². The molecule has 1 heterocycles. The summed E-state index contributed by atoms with van der Waals surface area (Å²) in [6, 6.07) is 9.96. The van der Waals surface area contributed by atoms with Crippen LogP contribution in [0.2, 0.25) is 0 Å². The molecule has 0 aliphatic heterocycles. The minimum absolute atomic E-state index is 0.0218. The second-order valence-electron chi connectivity index (χ2n) is 7.76. The fraction of sp³-hybridized carbons (Fsp3) is 0.600. The molecule has 0 atom stereocenters. The van der Waals surface area contributed by atoms with E-state index in [1.807, 2.05) is 30.3 Å². The molecule has 0 saturated heterocycles. The molecule has 0 unspecified atom stereocenters. The van der Waals surface area contributed by atoms with Gasteiger partial charge >= 0.3 is 11.7 Å². The van der Waals surface area contributed by atoms with Crippen LogP contribution in [-0.2, 0) is 11.3 Å². The minimum Gasteiger partial charge on any atom is -0.448 e. The SMILES string of the molecule is CCCCCCCCCCCSc1nc(OCCOCc2ccccc2)oc(=O)c1C. The molecular weight excluding hydrogens is 410 g/mol. The van der Waals surface area contributed by atoms with Crippen molar-refractivity contribution in [3.05, 3.63) is 51.9 Å². The van der Waals surface area contributed by atoms with Gasteiger partial charge in [-0.25, -0.2) is 4.79 Å². The summed E-state index contributed by atoms with van der Waals surface area (Å²) >= 11 is 1.61. The second kappa shape index (κ2) is 15.9. The van der Waals surface area contributed by atoms with Gasteiger partial charge in [-0.05, 0) is 24.7 Å². The van der Waals surface area contributed by atoms with E-state index in [4.69, 9.17) is 13.9 Å². The predicted molar refractivity (Wildman–Crippen MR) is 127 cm³/mol. The Morgan fingerprint density at radius 3 is 2.32 bits per heavy atom. The third-order valence-corrected chi connectivity index (χ3v) is 6.21. The highest BCUT2D eigenvalue weighted by molar-refractivity contribution is 7.99. The molecule has 2 aromatic rings. The highest BCUT2D eigenvalue weighted by atomic mass is 32.2. The molecule has 1 aromatic heterocycles. The first kappa shape index (κ1) is 25.5. The Morgan fingerprint density at radius 2 is 1.61 bits per heavy atom. The first-order valence-electron chi connectivity index (χ1n) is 11.6. The van der Waals surface area contributed by atoms with E-state index in [1.54, 1.807) is 18.7 Å². The average molecular weight is 448 g/mol. The summed E-state index contributed by atoms with van der Waals surface area (Å²) in [4.78, 5) is 16.5. The monoisotopic (exact) mass is 447 g/mol. The number of aromatic nitrogens is 1. The van der Waals surface area contributed by atoms with Gasteiger partial charge in [-0.15, -0.1) is 11.8 Å². The molecule has 2 rings (SSSR count). The lowest BCUT2D eigenvalue weighted by Gasteiger charge is -2.08. The maximum absolute atomic E-state index is 12.1. The van der Waals surface area contributed by atoms with Gasteiger partial charge in [0.05, 0.1) is 18.8 Å². The van der Waals surface area contributed by atoms with E-state index < -0.39 is 0 Å². The Labute approximate surface area is 190 Å². The van der Waals surface area contributed by atoms with Crippen LogP contribution < -0.4 is 10.4 Å². The van der Waals surface area contributed by atoms with Crippen LogP contribution in [0, 0.1) is 6.92 Å². The first-order chi connectivity index (χ1) is 15.2. The highest BCUT2D eigenvalue weighted by Crippen LogP contribution is 2.22. The Hall–Kier alpha value is -1.79. The fourth-order valence-corrected chi connectivity index (χ4v) is 4.15. The predicted octanol–water partition coefficient (Wildman–Crippen LogP) is 6.56. The van der Waals surface area contributed by atoms with Crippen molar-refractivity contribution >= 4 is 11.8 Å². The molecule has 31 heavy (non-hydrogen) atoms. The fourth-order valence-electron chi connectivity index (χ4n) is 3.17. The number of hydrogen-bond donors (Lipinski definition) is 0. The van der Waals surface area contributed by atoms with Crippen LogP contribution in [0.4, 0.5) is 0 Å². The Kier molecular flexibility index (Phi) is 13.1. The van der Waals surface area contributed by atoms with Crippen LogP contribution in [-0.4, -0.2) is 24.0 Å². The zero-order valence-electron chi connectivity index (χ0n) is 19.1. The smallest absolute Gasteiger partial charge is 0.397 e. The van der Waals surface area contributed by atoms with E-state index in [9.17, 15) is 4.79 Å². The largest absolute Gasteiger partial charge is 0.448 e. The molecule has 1 aromatic carbocycles. The van der Waals surface area contributed by atoms with Gasteiger partial charge in [-0.3, -0.25) is 0 Å². The molecule has 0 spiro atoms. The number of ether oxygens (including phenoxy) is 2. The van der Waals surface area contributed by atoms with Crippen molar-refractivity contribution in [1.82, 2.24) is 4.98 Å². The second-order valence-corrected chi connectivity index (χ2v) is 8.84. The van der Waals surface area contributed by atoms with E-state index >= 15 is 0 Å². The van der Waals surface area contributed by atoms with Crippen LogP contribution in [0.15, 0.2) is 44.6 Å². The Morgan fingerprint density at radius 1 is 0.935 bits per heavy atom. The van der Waals surface area contributed by atoms with Gasteiger partial charge in [-0.1, -0.05) is 88.6 Å². The molecule has 0 radical (unpaired) electrons. The van der Waals surface area contributed by atoms with E-state index in [-0.39, 0.29) is 18.3 Å². The summed E-state index contributed by atoms with van der Waals surface area (Å²) in [5.41, 5.74) is 1.27. The lowest BCUT2D eigenvalue weighted by Crippen LogP contribution is -2.12. The summed E-state index contributed by atoms with van der Waals surface area (Å²) in [5, 5.41) is 0.705. The molecule has 0 bridgehead atoms. The summed E-state index contributed by atoms with van der Waals surface area (Å²) in [7, 11) is 0. The van der Waals surface area contributed by atoms with Crippen LogP contribution in [0.5, 0.6) is 6.08 Å². The number of unbranched alkanes of at least 4 members (excludes halogenated alkanes) is 8. The van der Waals surface area contributed by atoms with Gasteiger partial charge in [0.25, 0.3) is 0 Å². The van der Waals surface area contributed by atoms with Crippen LogP contribution in [0.25, 0.3) is 0 Å². The summed E-state index contributed by atoms with van der Waals surface area (Å²) < 4.78 is 16.2. The maximum atomic E-state index is 12.1. The highest BCUT2D eigenvalue weighted by Gasteiger charge is 2.11. The van der Waals surface area contributed by atoms with E-state index in [1.165, 1.54) is 51.4 Å². The topological polar surface area (TPSA) is 61.6 Å². The van der Waals surface area contributed by atoms with Crippen LogP contribution in [0.1, 0.15) is 75.8 Å². The molecule has 5 nitrogen and oxygen atoms in total. The number of rotatable bonds is 17. The molecule has 0 fully saturated rings. The van der Waals surface area contributed by atoms with Crippen LogP contribution in [0.3, 0.4) is 0 Å². The van der Waals surface area contributed by atoms with Gasteiger partial charge in [0, 0.05) is 0 Å². The van der Waals surface area contributed by atoms with Crippen molar-refractivity contribution in [3.8, 4) is 6.08 Å². The lowest BCUT2D eigenvalue weighted by molar-refractivity contribution is 0.0753. The van der Waals surface area contributed by atoms with Crippen molar-refractivity contribution in [2.45, 2.75) is 83.3 Å². The molecule has 6 heteroatoms. The number of thioether (sulfide) groups is 1. The molecule has 172 valence electrons. The van der Waals surface area contributed by atoms with E-state index in [0.29, 0.717) is 23.8 Å². The molecule has 0 amide bonds. The van der Waals surface area contributed by atoms with Gasteiger partial charge in [0.15, 0.2) is 0 Å². The summed E-state index contributed by atoms with van der Waals surface area (Å²) in [5.74, 6) is 0.951. The Bertz CT molecular complexity index is 779. The zero-order valence-corrected chi connectivity index (χ0v) is 19.9. The van der Waals surface area contributed by atoms with Crippen molar-refractivity contribution in [2.75, 3.05) is 19.0 Å². The van der Waals surface area contributed by atoms with Crippen LogP contribution >= 0.6 is 11.8 Å². The molecule has 0 aliphatic rings. The number of nitrogens with zero attached hydrogens (tertiary/aromatic N) is 1. The minimum atomic E-state index is -0.384. The van der Waals surface area contributed by atoms with Crippen molar-refractivity contribution in [2.24, 2.45) is 0 Å². The molecule has 0 N–H and O–H groups in total. The standard InChI is InChI=1S/C25H37NO4S/c1-3-4-5-6-7-8-9-10-14-19-31-23-21(2)24(27)30-25(26-23)29-18-17-28-20-22-15-12-11-13-16-22/h11-13,15-16H,3-10,14,17-20H2,1-2H3. The number of hydrogen-bond acceptors (Lipinski definition) is 6. The lowest BCUT2D eigenvalue weighted by atomic mass is 10.1. The number of benzene rings is 1. The van der Waals surface area contributed by atoms with Crippen molar-refractivity contribution in [1.29, 1.82) is 0 Å². The van der Waals surface area contributed by atoms with Crippen molar-refractivity contribution in [3.63, 3.8) is 0 Å². The van der Waals surface area contributed by atoms with E-state index in [0.717, 1.165) is 17.7 Å². The van der Waals surface area contributed by atoms with Gasteiger partial charge < -0.3 is 13.9 Å². The molecule has 0 saturated carbocycles. The van der Waals surface area contributed by atoms with Gasteiger partial charge in [-0.2, -0.15) is 4.98 Å². The molecular formula is C25H37NO4S.